The molecule has 1 aliphatic rings. The molecule has 5 heteroatoms. The van der Waals surface area contributed by atoms with Crippen molar-refractivity contribution in [2.75, 3.05) is 6.61 Å². The highest BCUT2D eigenvalue weighted by molar-refractivity contribution is 6.22. The van der Waals surface area contributed by atoms with E-state index in [9.17, 15) is 14.4 Å². The SMILES string of the molecule is CCOC(=O)C1C(=O)C(C)(C)OC(C)(C)C1=O. The summed E-state index contributed by atoms with van der Waals surface area (Å²) in [6, 6.07) is 0. The summed E-state index contributed by atoms with van der Waals surface area (Å²) in [5.41, 5.74) is -2.32. The first-order valence-corrected chi connectivity index (χ1v) is 5.59. The van der Waals surface area contributed by atoms with Crippen molar-refractivity contribution in [3.8, 4) is 0 Å². The summed E-state index contributed by atoms with van der Waals surface area (Å²) in [6.07, 6.45) is 0. The monoisotopic (exact) mass is 242 g/mol. The van der Waals surface area contributed by atoms with Crippen LogP contribution in [0.15, 0.2) is 0 Å². The van der Waals surface area contributed by atoms with Crippen molar-refractivity contribution < 1.29 is 23.9 Å². The summed E-state index contributed by atoms with van der Waals surface area (Å²) in [6.45, 7) is 7.97. The molecule has 0 N–H and O–H groups in total. The molecular weight excluding hydrogens is 224 g/mol. The third-order valence-electron chi connectivity index (χ3n) is 2.74. The van der Waals surface area contributed by atoms with E-state index in [4.69, 9.17) is 9.47 Å². The summed E-state index contributed by atoms with van der Waals surface area (Å²) in [5, 5.41) is 0. The summed E-state index contributed by atoms with van der Waals surface area (Å²) in [4.78, 5) is 35.7. The lowest BCUT2D eigenvalue weighted by molar-refractivity contribution is -0.193. The number of hydrogen-bond donors (Lipinski definition) is 0. The maximum absolute atomic E-state index is 12.0. The van der Waals surface area contributed by atoms with E-state index < -0.39 is 34.7 Å². The van der Waals surface area contributed by atoms with Crippen LogP contribution in [0.25, 0.3) is 0 Å². The van der Waals surface area contributed by atoms with Gasteiger partial charge >= 0.3 is 5.97 Å². The second kappa shape index (κ2) is 4.22. The van der Waals surface area contributed by atoms with Gasteiger partial charge in [-0.2, -0.15) is 0 Å². The quantitative estimate of drug-likeness (QED) is 0.531. The predicted octanol–water partition coefficient (Wildman–Crippen LogP) is 0.891. The van der Waals surface area contributed by atoms with Crippen LogP contribution in [-0.4, -0.2) is 35.3 Å². The van der Waals surface area contributed by atoms with Gasteiger partial charge in [0.05, 0.1) is 6.61 Å². The van der Waals surface area contributed by atoms with Gasteiger partial charge in [-0.1, -0.05) is 0 Å². The molecule has 1 rings (SSSR count). The normalized spacial score (nSPS) is 23.6. The van der Waals surface area contributed by atoms with Crippen LogP contribution in [0.2, 0.25) is 0 Å². The maximum atomic E-state index is 12.0. The van der Waals surface area contributed by atoms with Crippen molar-refractivity contribution in [2.45, 2.75) is 45.8 Å². The Labute approximate surface area is 100 Å². The van der Waals surface area contributed by atoms with Gasteiger partial charge in [0.2, 0.25) is 0 Å². The van der Waals surface area contributed by atoms with Gasteiger partial charge in [-0.15, -0.1) is 0 Å². The molecule has 1 saturated heterocycles. The molecule has 0 aromatic rings. The minimum Gasteiger partial charge on any atom is -0.465 e. The summed E-state index contributed by atoms with van der Waals surface area (Å²) >= 11 is 0. The van der Waals surface area contributed by atoms with Gasteiger partial charge in [0.1, 0.15) is 11.2 Å². The summed E-state index contributed by atoms with van der Waals surface area (Å²) < 4.78 is 10.2. The Morgan fingerprint density at radius 1 is 1.18 bits per heavy atom. The van der Waals surface area contributed by atoms with E-state index in [0.29, 0.717) is 0 Å². The number of hydrogen-bond acceptors (Lipinski definition) is 5. The van der Waals surface area contributed by atoms with E-state index in [1.807, 2.05) is 0 Å². The predicted molar refractivity (Wildman–Crippen MR) is 59.4 cm³/mol. The molecule has 0 amide bonds. The molecule has 1 heterocycles. The van der Waals surface area contributed by atoms with Gasteiger partial charge in [-0.05, 0) is 34.6 Å². The molecule has 96 valence electrons. The molecule has 0 aromatic carbocycles. The Bertz CT molecular complexity index is 341. The number of ketones is 2. The minimum absolute atomic E-state index is 0.137. The maximum Gasteiger partial charge on any atom is 0.324 e. The second-order valence-electron chi connectivity index (χ2n) is 5.04. The van der Waals surface area contributed by atoms with E-state index in [1.54, 1.807) is 34.6 Å². The average molecular weight is 242 g/mol. The Hall–Kier alpha value is -1.23. The van der Waals surface area contributed by atoms with E-state index >= 15 is 0 Å². The van der Waals surface area contributed by atoms with Crippen LogP contribution in [0.5, 0.6) is 0 Å². The zero-order valence-electron chi connectivity index (χ0n) is 10.8. The number of ether oxygens (including phenoxy) is 2. The van der Waals surface area contributed by atoms with Crippen molar-refractivity contribution in [3.63, 3.8) is 0 Å². The third kappa shape index (κ3) is 2.39. The van der Waals surface area contributed by atoms with Crippen LogP contribution in [0.1, 0.15) is 34.6 Å². The van der Waals surface area contributed by atoms with E-state index in [2.05, 4.69) is 0 Å². The highest BCUT2D eigenvalue weighted by Gasteiger charge is 2.55. The van der Waals surface area contributed by atoms with Crippen molar-refractivity contribution in [3.05, 3.63) is 0 Å². The second-order valence-corrected chi connectivity index (χ2v) is 5.04. The van der Waals surface area contributed by atoms with Crippen LogP contribution >= 0.6 is 0 Å². The minimum atomic E-state index is -1.37. The summed E-state index contributed by atoms with van der Waals surface area (Å²) in [5.74, 6) is -3.24. The molecule has 0 bridgehead atoms. The topological polar surface area (TPSA) is 69.7 Å². The van der Waals surface area contributed by atoms with E-state index in [-0.39, 0.29) is 6.61 Å². The Kier molecular flexibility index (Phi) is 3.43. The first-order valence-electron chi connectivity index (χ1n) is 5.59. The lowest BCUT2D eigenvalue weighted by Gasteiger charge is -2.41. The lowest BCUT2D eigenvalue weighted by atomic mass is 9.78. The van der Waals surface area contributed by atoms with Crippen LogP contribution in [0.3, 0.4) is 0 Å². The van der Waals surface area contributed by atoms with Gasteiger partial charge in [0.25, 0.3) is 0 Å². The molecule has 0 radical (unpaired) electrons. The van der Waals surface area contributed by atoms with Crippen LogP contribution in [0.4, 0.5) is 0 Å². The van der Waals surface area contributed by atoms with Crippen molar-refractivity contribution in [1.29, 1.82) is 0 Å². The largest absolute Gasteiger partial charge is 0.465 e. The average Bonchev–Trinajstić information content (AvgIpc) is 2.14. The lowest BCUT2D eigenvalue weighted by Crippen LogP contribution is -2.61. The Morgan fingerprint density at radius 2 is 1.59 bits per heavy atom. The first-order chi connectivity index (χ1) is 7.63. The van der Waals surface area contributed by atoms with Crippen molar-refractivity contribution in [1.82, 2.24) is 0 Å². The zero-order chi connectivity index (χ0) is 13.4. The van der Waals surface area contributed by atoms with Gasteiger partial charge in [-0.25, -0.2) is 0 Å². The van der Waals surface area contributed by atoms with Gasteiger partial charge < -0.3 is 9.47 Å². The molecule has 0 saturated carbocycles. The highest BCUT2D eigenvalue weighted by Crippen LogP contribution is 2.33. The molecule has 5 nitrogen and oxygen atoms in total. The molecule has 1 fully saturated rings. The van der Waals surface area contributed by atoms with Gasteiger partial charge in [-0.3, -0.25) is 14.4 Å². The fourth-order valence-electron chi connectivity index (χ4n) is 1.99. The fraction of sp³-hybridized carbons (Fsp3) is 0.750. The van der Waals surface area contributed by atoms with Crippen LogP contribution < -0.4 is 0 Å². The molecule has 17 heavy (non-hydrogen) atoms. The van der Waals surface area contributed by atoms with Gasteiger partial charge in [0.15, 0.2) is 17.5 Å². The van der Waals surface area contributed by atoms with E-state index in [0.717, 1.165) is 0 Å². The molecule has 0 aromatic heterocycles. The molecule has 0 aliphatic carbocycles. The molecule has 0 spiro atoms. The molecule has 1 aliphatic heterocycles. The zero-order valence-corrected chi connectivity index (χ0v) is 10.8. The van der Waals surface area contributed by atoms with Crippen molar-refractivity contribution in [2.24, 2.45) is 5.92 Å². The van der Waals surface area contributed by atoms with Gasteiger partial charge in [0, 0.05) is 0 Å². The van der Waals surface area contributed by atoms with Crippen LogP contribution in [-0.2, 0) is 23.9 Å². The number of carbonyl (C=O) groups is 3. The summed E-state index contributed by atoms with van der Waals surface area (Å²) in [7, 11) is 0. The smallest absolute Gasteiger partial charge is 0.324 e. The Balaban J connectivity index is 3.12. The van der Waals surface area contributed by atoms with E-state index in [1.165, 1.54) is 0 Å². The number of carbonyl (C=O) groups excluding carboxylic acids is 3. The Morgan fingerprint density at radius 3 is 1.94 bits per heavy atom. The number of esters is 1. The van der Waals surface area contributed by atoms with Crippen LogP contribution in [0, 0.1) is 5.92 Å². The highest BCUT2D eigenvalue weighted by atomic mass is 16.5. The third-order valence-corrected chi connectivity index (χ3v) is 2.74. The van der Waals surface area contributed by atoms with Crippen molar-refractivity contribution >= 4 is 17.5 Å². The molecule has 0 atom stereocenters. The molecule has 0 unspecified atom stereocenters. The number of Topliss-reactive ketones (excluding diaryl/α,β-unsaturated/α-hetero) is 2. The standard InChI is InChI=1S/C12H18O5/c1-6-16-10(15)7-8(13)11(2,3)17-12(4,5)9(7)14/h7H,6H2,1-5H3. The molecular formula is C12H18O5. The number of rotatable bonds is 2. The fourth-order valence-corrected chi connectivity index (χ4v) is 1.99. The first kappa shape index (κ1) is 13.8.